The predicted octanol–water partition coefficient (Wildman–Crippen LogP) is 2.36. The molecule has 0 saturated heterocycles. The van der Waals surface area contributed by atoms with Gasteiger partial charge in [-0.1, -0.05) is 44.2 Å². The number of hydrogen-bond donors (Lipinski definition) is 3. The third-order valence-electron chi connectivity index (χ3n) is 3.47. The van der Waals surface area contributed by atoms with Crippen LogP contribution < -0.4 is 16.0 Å². The van der Waals surface area contributed by atoms with Crippen molar-refractivity contribution in [3.63, 3.8) is 0 Å². The molecule has 150 valence electrons. The summed E-state index contributed by atoms with van der Waals surface area (Å²) in [5.41, 5.74) is 0.321. The van der Waals surface area contributed by atoms with E-state index in [1.54, 1.807) is 20.8 Å². The Labute approximate surface area is 161 Å². The van der Waals surface area contributed by atoms with Crippen molar-refractivity contribution in [3.8, 4) is 0 Å². The van der Waals surface area contributed by atoms with Crippen molar-refractivity contribution in [1.82, 2.24) is 16.0 Å². The lowest BCUT2D eigenvalue weighted by atomic mass is 10.0. The Balaban J connectivity index is 2.50. The summed E-state index contributed by atoms with van der Waals surface area (Å²) in [4.78, 5) is 36.3. The molecule has 0 saturated carbocycles. The zero-order valence-corrected chi connectivity index (χ0v) is 16.8. The van der Waals surface area contributed by atoms with Crippen LogP contribution in [0.2, 0.25) is 0 Å². The molecule has 0 aliphatic carbocycles. The summed E-state index contributed by atoms with van der Waals surface area (Å²) >= 11 is 0. The van der Waals surface area contributed by atoms with E-state index in [1.165, 1.54) is 0 Å². The van der Waals surface area contributed by atoms with Crippen LogP contribution in [0.15, 0.2) is 30.3 Å². The SMILES string of the molecule is CC(C)C[C@H](NC(=O)OC(C)(C)C)C(=O)NCC(=O)NCc1ccccc1. The minimum Gasteiger partial charge on any atom is -0.444 e. The molecule has 0 aromatic heterocycles. The second-order valence-electron chi connectivity index (χ2n) is 7.81. The largest absolute Gasteiger partial charge is 0.444 e. The highest BCUT2D eigenvalue weighted by atomic mass is 16.6. The van der Waals surface area contributed by atoms with E-state index in [-0.39, 0.29) is 18.4 Å². The van der Waals surface area contributed by atoms with Crippen LogP contribution in [0.25, 0.3) is 0 Å². The molecule has 0 spiro atoms. The molecule has 0 radical (unpaired) electrons. The molecule has 27 heavy (non-hydrogen) atoms. The Morgan fingerprint density at radius 3 is 2.22 bits per heavy atom. The van der Waals surface area contributed by atoms with Crippen LogP contribution >= 0.6 is 0 Å². The van der Waals surface area contributed by atoms with Crippen molar-refractivity contribution in [1.29, 1.82) is 0 Å². The Hall–Kier alpha value is -2.57. The lowest BCUT2D eigenvalue weighted by Crippen LogP contribution is -2.50. The van der Waals surface area contributed by atoms with Crippen molar-refractivity contribution in [2.24, 2.45) is 5.92 Å². The van der Waals surface area contributed by atoms with Gasteiger partial charge in [-0.3, -0.25) is 9.59 Å². The van der Waals surface area contributed by atoms with Gasteiger partial charge in [-0.25, -0.2) is 4.79 Å². The summed E-state index contributed by atoms with van der Waals surface area (Å²) in [7, 11) is 0. The predicted molar refractivity (Wildman–Crippen MR) is 104 cm³/mol. The Morgan fingerprint density at radius 1 is 1.04 bits per heavy atom. The molecule has 0 unspecified atom stereocenters. The Bertz CT molecular complexity index is 624. The van der Waals surface area contributed by atoms with E-state index in [0.29, 0.717) is 13.0 Å². The van der Waals surface area contributed by atoms with Crippen molar-refractivity contribution < 1.29 is 19.1 Å². The average molecular weight is 377 g/mol. The molecule has 1 rings (SSSR count). The summed E-state index contributed by atoms with van der Waals surface area (Å²) in [5, 5.41) is 7.89. The molecule has 3 amide bonds. The van der Waals surface area contributed by atoms with Crippen LogP contribution in [0.3, 0.4) is 0 Å². The zero-order chi connectivity index (χ0) is 20.4. The monoisotopic (exact) mass is 377 g/mol. The van der Waals surface area contributed by atoms with Gasteiger partial charge in [-0.05, 0) is 38.7 Å². The van der Waals surface area contributed by atoms with Gasteiger partial charge in [0, 0.05) is 6.54 Å². The third-order valence-corrected chi connectivity index (χ3v) is 3.47. The molecule has 1 aromatic carbocycles. The van der Waals surface area contributed by atoms with Crippen LogP contribution in [-0.2, 0) is 20.9 Å². The van der Waals surface area contributed by atoms with E-state index >= 15 is 0 Å². The molecule has 1 atom stereocenters. The van der Waals surface area contributed by atoms with Gasteiger partial charge in [0.1, 0.15) is 11.6 Å². The van der Waals surface area contributed by atoms with Gasteiger partial charge in [-0.15, -0.1) is 0 Å². The summed E-state index contributed by atoms with van der Waals surface area (Å²) in [6.07, 6.45) is -0.215. The van der Waals surface area contributed by atoms with E-state index in [9.17, 15) is 14.4 Å². The number of hydrogen-bond acceptors (Lipinski definition) is 4. The summed E-state index contributed by atoms with van der Waals surface area (Å²) in [6.45, 7) is 9.38. The lowest BCUT2D eigenvalue weighted by Gasteiger charge is -2.24. The van der Waals surface area contributed by atoms with Crippen LogP contribution in [-0.4, -0.2) is 36.1 Å². The lowest BCUT2D eigenvalue weighted by molar-refractivity contribution is -0.127. The summed E-state index contributed by atoms with van der Waals surface area (Å²) in [5.74, 6) is -0.528. The van der Waals surface area contributed by atoms with Crippen LogP contribution in [0.5, 0.6) is 0 Å². The minimum atomic E-state index is -0.762. The highest BCUT2D eigenvalue weighted by Crippen LogP contribution is 2.09. The highest BCUT2D eigenvalue weighted by Gasteiger charge is 2.25. The first-order valence-corrected chi connectivity index (χ1v) is 9.14. The fourth-order valence-electron chi connectivity index (χ4n) is 2.30. The molecule has 3 N–H and O–H groups in total. The number of carbonyl (C=O) groups excluding carboxylic acids is 3. The minimum absolute atomic E-state index is 0.156. The highest BCUT2D eigenvalue weighted by molar-refractivity contribution is 5.89. The molecule has 7 heteroatoms. The number of benzene rings is 1. The van der Waals surface area contributed by atoms with Crippen molar-refractivity contribution in [3.05, 3.63) is 35.9 Å². The smallest absolute Gasteiger partial charge is 0.408 e. The van der Waals surface area contributed by atoms with E-state index in [4.69, 9.17) is 4.74 Å². The van der Waals surface area contributed by atoms with Gasteiger partial charge >= 0.3 is 6.09 Å². The first kappa shape index (κ1) is 22.5. The summed E-state index contributed by atoms with van der Waals surface area (Å²) in [6, 6.07) is 8.73. The van der Waals surface area contributed by atoms with Crippen molar-refractivity contribution in [2.45, 2.75) is 59.2 Å². The fourth-order valence-corrected chi connectivity index (χ4v) is 2.30. The quantitative estimate of drug-likeness (QED) is 0.648. The normalized spacial score (nSPS) is 12.2. The second kappa shape index (κ2) is 10.5. The Morgan fingerprint density at radius 2 is 1.67 bits per heavy atom. The van der Waals surface area contributed by atoms with E-state index < -0.39 is 23.6 Å². The fraction of sp³-hybridized carbons (Fsp3) is 0.550. The molecule has 0 heterocycles. The number of alkyl carbamates (subject to hydrolysis) is 1. The average Bonchev–Trinajstić information content (AvgIpc) is 2.56. The zero-order valence-electron chi connectivity index (χ0n) is 16.8. The molecular weight excluding hydrogens is 346 g/mol. The second-order valence-corrected chi connectivity index (χ2v) is 7.81. The molecular formula is C20H31N3O4. The van der Waals surface area contributed by atoms with Gasteiger partial charge in [0.25, 0.3) is 0 Å². The Kier molecular flexibility index (Phi) is 8.78. The molecule has 0 bridgehead atoms. The molecule has 1 aromatic rings. The number of rotatable bonds is 8. The van der Waals surface area contributed by atoms with Crippen LogP contribution in [0.1, 0.15) is 46.6 Å². The standard InChI is InChI=1S/C20H31N3O4/c1-14(2)11-16(23-19(26)27-20(3,4)5)18(25)22-13-17(24)21-12-15-9-7-6-8-10-15/h6-10,14,16H,11-13H2,1-5H3,(H,21,24)(H,22,25)(H,23,26)/t16-/m0/s1. The van der Waals surface area contributed by atoms with Gasteiger partial charge in [0.05, 0.1) is 6.54 Å². The maximum Gasteiger partial charge on any atom is 0.408 e. The number of ether oxygens (including phenoxy) is 1. The summed E-state index contributed by atoms with van der Waals surface area (Å²) < 4.78 is 5.20. The van der Waals surface area contributed by atoms with Gasteiger partial charge in [-0.2, -0.15) is 0 Å². The van der Waals surface area contributed by atoms with Crippen molar-refractivity contribution in [2.75, 3.05) is 6.54 Å². The van der Waals surface area contributed by atoms with Gasteiger partial charge < -0.3 is 20.7 Å². The maximum atomic E-state index is 12.4. The van der Waals surface area contributed by atoms with Gasteiger partial charge in [0.2, 0.25) is 11.8 Å². The van der Waals surface area contributed by atoms with E-state index in [1.807, 2.05) is 44.2 Å². The van der Waals surface area contributed by atoms with E-state index in [2.05, 4.69) is 16.0 Å². The van der Waals surface area contributed by atoms with Crippen LogP contribution in [0, 0.1) is 5.92 Å². The first-order valence-electron chi connectivity index (χ1n) is 9.14. The third kappa shape index (κ3) is 10.2. The molecule has 0 aliphatic heterocycles. The van der Waals surface area contributed by atoms with Crippen LogP contribution in [0.4, 0.5) is 4.79 Å². The maximum absolute atomic E-state index is 12.4. The van der Waals surface area contributed by atoms with E-state index in [0.717, 1.165) is 5.56 Å². The molecule has 0 aliphatic rings. The first-order chi connectivity index (χ1) is 12.6. The van der Waals surface area contributed by atoms with Crippen molar-refractivity contribution >= 4 is 17.9 Å². The molecule has 0 fully saturated rings. The number of carbonyl (C=O) groups is 3. The molecule has 7 nitrogen and oxygen atoms in total. The van der Waals surface area contributed by atoms with Gasteiger partial charge in [0.15, 0.2) is 0 Å². The number of nitrogens with one attached hydrogen (secondary N) is 3. The number of amides is 3. The topological polar surface area (TPSA) is 96.5 Å².